The van der Waals surface area contributed by atoms with Crippen LogP contribution in [0.15, 0.2) is 58.3 Å². The van der Waals surface area contributed by atoms with Crippen LogP contribution in [0, 0.1) is 5.92 Å². The Morgan fingerprint density at radius 1 is 0.871 bits per heavy atom. The molecule has 1 saturated heterocycles. The summed E-state index contributed by atoms with van der Waals surface area (Å²) in [6.07, 6.45) is 3.60. The molecular formula is C23H32N2O4S2. The average Bonchev–Trinajstić information content (AvgIpc) is 2.68. The fourth-order valence-electron chi connectivity index (χ4n) is 4.18. The molecule has 0 aliphatic carbocycles. The molecule has 1 aliphatic heterocycles. The van der Waals surface area contributed by atoms with E-state index >= 15 is 0 Å². The van der Waals surface area contributed by atoms with Crippen molar-refractivity contribution < 1.29 is 16.8 Å². The number of benzene rings is 2. The Kier molecular flexibility index (Phi) is 7.13. The fourth-order valence-corrected chi connectivity index (χ4v) is 7.12. The summed E-state index contributed by atoms with van der Waals surface area (Å²) in [6.45, 7) is 8.09. The SMILES string of the molecule is CC(C)Cc1ccc(S(=O)(=O)Nc2ccc(S(=O)(=O)N3C(C)CCCC3C)cc2)cc1. The third-order valence-corrected chi connectivity index (χ3v) is 9.21. The molecule has 31 heavy (non-hydrogen) atoms. The molecular weight excluding hydrogens is 432 g/mol. The quantitative estimate of drug-likeness (QED) is 0.647. The van der Waals surface area contributed by atoms with Gasteiger partial charge in [0.05, 0.1) is 9.79 Å². The molecule has 0 saturated carbocycles. The summed E-state index contributed by atoms with van der Waals surface area (Å²) in [5.74, 6) is 0.492. The van der Waals surface area contributed by atoms with E-state index in [2.05, 4.69) is 18.6 Å². The van der Waals surface area contributed by atoms with Gasteiger partial charge >= 0.3 is 0 Å². The molecule has 0 spiro atoms. The molecule has 6 nitrogen and oxygen atoms in total. The van der Waals surface area contributed by atoms with Gasteiger partial charge in [-0.2, -0.15) is 4.31 Å². The maximum absolute atomic E-state index is 13.1. The number of hydrogen-bond donors (Lipinski definition) is 1. The topological polar surface area (TPSA) is 83.5 Å². The Labute approximate surface area is 186 Å². The lowest BCUT2D eigenvalue weighted by Crippen LogP contribution is -2.47. The van der Waals surface area contributed by atoms with Gasteiger partial charge in [0, 0.05) is 17.8 Å². The Morgan fingerprint density at radius 3 is 1.90 bits per heavy atom. The number of nitrogens with zero attached hydrogens (tertiary/aromatic N) is 1. The van der Waals surface area contributed by atoms with Crippen LogP contribution in [0.3, 0.4) is 0 Å². The molecule has 1 N–H and O–H groups in total. The number of nitrogens with one attached hydrogen (secondary N) is 1. The normalized spacial score (nSPS) is 20.7. The van der Waals surface area contributed by atoms with Crippen molar-refractivity contribution in [2.24, 2.45) is 5.92 Å². The van der Waals surface area contributed by atoms with Gasteiger partial charge in [0.15, 0.2) is 0 Å². The van der Waals surface area contributed by atoms with E-state index in [1.54, 1.807) is 16.4 Å². The summed E-state index contributed by atoms with van der Waals surface area (Å²) in [6, 6.07) is 12.7. The second kappa shape index (κ2) is 9.30. The lowest BCUT2D eigenvalue weighted by Gasteiger charge is -2.37. The molecule has 2 atom stereocenters. The van der Waals surface area contributed by atoms with Gasteiger partial charge in [-0.25, -0.2) is 16.8 Å². The third-order valence-electron chi connectivity index (χ3n) is 5.67. The molecule has 1 heterocycles. The van der Waals surface area contributed by atoms with Gasteiger partial charge in [-0.1, -0.05) is 32.4 Å². The van der Waals surface area contributed by atoms with Gasteiger partial charge < -0.3 is 0 Å². The minimum atomic E-state index is -3.75. The van der Waals surface area contributed by atoms with Crippen molar-refractivity contribution in [2.45, 2.75) is 75.3 Å². The Balaban J connectivity index is 1.77. The second-order valence-electron chi connectivity index (χ2n) is 8.84. The van der Waals surface area contributed by atoms with Crippen LogP contribution in [0.5, 0.6) is 0 Å². The highest BCUT2D eigenvalue weighted by Crippen LogP contribution is 2.30. The zero-order valence-corrected chi connectivity index (χ0v) is 20.2. The monoisotopic (exact) mass is 464 g/mol. The van der Waals surface area contributed by atoms with E-state index in [9.17, 15) is 16.8 Å². The highest BCUT2D eigenvalue weighted by atomic mass is 32.2. The lowest BCUT2D eigenvalue weighted by atomic mass is 10.0. The van der Waals surface area contributed by atoms with Crippen molar-refractivity contribution in [3.63, 3.8) is 0 Å². The number of sulfonamides is 2. The number of rotatable bonds is 7. The molecule has 0 bridgehead atoms. The summed E-state index contributed by atoms with van der Waals surface area (Å²) in [4.78, 5) is 0.349. The molecule has 3 rings (SSSR count). The lowest BCUT2D eigenvalue weighted by molar-refractivity contribution is 0.204. The van der Waals surface area contributed by atoms with E-state index in [1.165, 1.54) is 24.3 Å². The van der Waals surface area contributed by atoms with Crippen LogP contribution in [0.4, 0.5) is 5.69 Å². The molecule has 0 aromatic heterocycles. The van der Waals surface area contributed by atoms with E-state index in [0.29, 0.717) is 11.6 Å². The van der Waals surface area contributed by atoms with Crippen molar-refractivity contribution in [1.29, 1.82) is 0 Å². The smallest absolute Gasteiger partial charge is 0.261 e. The van der Waals surface area contributed by atoms with Crippen LogP contribution in [-0.4, -0.2) is 33.2 Å². The molecule has 0 amide bonds. The molecule has 2 aromatic rings. The molecule has 2 aromatic carbocycles. The highest BCUT2D eigenvalue weighted by molar-refractivity contribution is 7.92. The van der Waals surface area contributed by atoms with E-state index in [1.807, 2.05) is 26.0 Å². The maximum Gasteiger partial charge on any atom is 0.261 e. The summed E-state index contributed by atoms with van der Waals surface area (Å²) in [7, 11) is -7.39. The summed E-state index contributed by atoms with van der Waals surface area (Å²) in [5, 5.41) is 0. The van der Waals surface area contributed by atoms with Crippen LogP contribution in [-0.2, 0) is 26.5 Å². The number of anilines is 1. The van der Waals surface area contributed by atoms with Crippen LogP contribution < -0.4 is 4.72 Å². The van der Waals surface area contributed by atoms with Crippen molar-refractivity contribution in [1.82, 2.24) is 4.31 Å². The van der Waals surface area contributed by atoms with Crippen molar-refractivity contribution in [3.8, 4) is 0 Å². The molecule has 8 heteroatoms. The van der Waals surface area contributed by atoms with Crippen LogP contribution in [0.1, 0.15) is 52.5 Å². The van der Waals surface area contributed by atoms with E-state index in [-0.39, 0.29) is 21.9 Å². The van der Waals surface area contributed by atoms with Gasteiger partial charge in [-0.05, 0) is 81.0 Å². The standard InChI is InChI=1S/C23H32N2O4S2/c1-17(2)16-20-8-12-22(13-9-20)30(26,27)24-21-10-14-23(15-11-21)31(28,29)25-18(3)6-5-7-19(25)4/h8-15,17-19,24H,5-7,16H2,1-4H3. The third kappa shape index (κ3) is 5.48. The van der Waals surface area contributed by atoms with Gasteiger partial charge in [0.2, 0.25) is 10.0 Å². The first-order chi connectivity index (χ1) is 14.5. The first-order valence-electron chi connectivity index (χ1n) is 10.8. The number of piperidine rings is 1. The van der Waals surface area contributed by atoms with E-state index in [4.69, 9.17) is 0 Å². The predicted molar refractivity (Wildman–Crippen MR) is 124 cm³/mol. The van der Waals surface area contributed by atoms with E-state index < -0.39 is 20.0 Å². The molecule has 0 radical (unpaired) electrons. The van der Waals surface area contributed by atoms with Gasteiger partial charge in [0.1, 0.15) is 0 Å². The predicted octanol–water partition coefficient (Wildman–Crippen LogP) is 4.64. The van der Waals surface area contributed by atoms with Crippen molar-refractivity contribution in [2.75, 3.05) is 4.72 Å². The summed E-state index contributed by atoms with van der Waals surface area (Å²) in [5.41, 5.74) is 1.41. The average molecular weight is 465 g/mol. The van der Waals surface area contributed by atoms with Gasteiger partial charge in [0.25, 0.3) is 10.0 Å². The van der Waals surface area contributed by atoms with Crippen molar-refractivity contribution in [3.05, 3.63) is 54.1 Å². The minimum Gasteiger partial charge on any atom is -0.280 e. The molecule has 2 unspecified atom stereocenters. The van der Waals surface area contributed by atoms with Crippen molar-refractivity contribution >= 4 is 25.7 Å². The zero-order chi connectivity index (χ0) is 22.8. The summed E-state index contributed by atoms with van der Waals surface area (Å²) >= 11 is 0. The highest BCUT2D eigenvalue weighted by Gasteiger charge is 2.35. The fraction of sp³-hybridized carbons (Fsp3) is 0.478. The Bertz CT molecular complexity index is 1080. The summed E-state index contributed by atoms with van der Waals surface area (Å²) < 4.78 is 55.8. The van der Waals surface area contributed by atoms with Gasteiger partial charge in [-0.15, -0.1) is 0 Å². The van der Waals surface area contributed by atoms with Crippen LogP contribution >= 0.6 is 0 Å². The van der Waals surface area contributed by atoms with Gasteiger partial charge in [-0.3, -0.25) is 4.72 Å². The first-order valence-corrected chi connectivity index (χ1v) is 13.7. The van der Waals surface area contributed by atoms with Crippen LogP contribution in [0.25, 0.3) is 0 Å². The minimum absolute atomic E-state index is 0.0504. The van der Waals surface area contributed by atoms with Crippen LogP contribution in [0.2, 0.25) is 0 Å². The zero-order valence-electron chi connectivity index (χ0n) is 18.6. The Morgan fingerprint density at radius 2 is 1.39 bits per heavy atom. The Hall–Kier alpha value is -1.90. The molecule has 1 fully saturated rings. The van der Waals surface area contributed by atoms with E-state index in [0.717, 1.165) is 31.2 Å². The number of hydrogen-bond acceptors (Lipinski definition) is 4. The molecule has 1 aliphatic rings. The second-order valence-corrected chi connectivity index (χ2v) is 12.4. The maximum atomic E-state index is 13.1. The first kappa shape index (κ1) is 23.8. The largest absolute Gasteiger partial charge is 0.280 e. The molecule has 170 valence electrons.